The number of phenolic OH excluding ortho intramolecular Hbond substituents is 1. The number of phenols is 1. The number of ether oxygens (including phenoxy) is 3. The van der Waals surface area contributed by atoms with Crippen LogP contribution in [0.15, 0.2) is 45.6 Å². The third kappa shape index (κ3) is 4.08. The average molecular weight is 462 g/mol. The van der Waals surface area contributed by atoms with Crippen LogP contribution in [-0.2, 0) is 4.74 Å². The van der Waals surface area contributed by atoms with Crippen LogP contribution in [0.4, 0.5) is 0 Å². The van der Waals surface area contributed by atoms with Gasteiger partial charge in [0.25, 0.3) is 0 Å². The molecule has 2 aromatic carbocycles. The van der Waals surface area contributed by atoms with Gasteiger partial charge in [0.2, 0.25) is 17.5 Å². The van der Waals surface area contributed by atoms with Crippen molar-refractivity contribution in [3.8, 4) is 34.3 Å². The van der Waals surface area contributed by atoms with E-state index < -0.39 is 48.5 Å². The van der Waals surface area contributed by atoms with Crippen molar-refractivity contribution < 1.29 is 49.3 Å². The van der Waals surface area contributed by atoms with Gasteiger partial charge < -0.3 is 49.3 Å². The maximum absolute atomic E-state index is 12.5. The van der Waals surface area contributed by atoms with Crippen LogP contribution in [0.5, 0.6) is 23.0 Å². The molecule has 1 saturated heterocycles. The van der Waals surface area contributed by atoms with E-state index in [-0.39, 0.29) is 39.5 Å². The summed E-state index contributed by atoms with van der Waals surface area (Å²) < 4.78 is 21.9. The fourth-order valence-corrected chi connectivity index (χ4v) is 3.56. The predicted octanol–water partition coefficient (Wildman–Crippen LogP) is 0.0585. The zero-order valence-electron chi connectivity index (χ0n) is 17.3. The Morgan fingerprint density at radius 1 is 0.970 bits per heavy atom. The molecule has 33 heavy (non-hydrogen) atoms. The van der Waals surface area contributed by atoms with Crippen LogP contribution in [-0.4, -0.2) is 75.1 Å². The lowest BCUT2D eigenvalue weighted by Crippen LogP contribution is -2.60. The van der Waals surface area contributed by atoms with Crippen LogP contribution in [0.25, 0.3) is 22.3 Å². The summed E-state index contributed by atoms with van der Waals surface area (Å²) in [5.74, 6) is -0.773. The number of benzene rings is 2. The summed E-state index contributed by atoms with van der Waals surface area (Å²) in [7, 11) is 1.33. The number of aliphatic hydroxyl groups is 4. The lowest BCUT2D eigenvalue weighted by atomic mass is 9.99. The molecule has 5 atom stereocenters. The topological polar surface area (TPSA) is 179 Å². The zero-order valence-corrected chi connectivity index (χ0v) is 17.3. The second-order valence-corrected chi connectivity index (χ2v) is 7.47. The highest BCUT2D eigenvalue weighted by atomic mass is 16.7. The summed E-state index contributed by atoms with van der Waals surface area (Å²) in [6, 6.07) is 8.10. The Kier molecular flexibility index (Phi) is 6.15. The molecule has 0 amide bonds. The molecule has 6 N–H and O–H groups in total. The standard InChI is InChI=1S/C22H22O11/c1-30-14-6-9(21-19(28)16(25)11-4-3-10(24)7-13(11)31-21)2-5-12(14)32-22-20(29)18(27)17(26)15(8-23)33-22/h2-7,15,17-18,20,22-24,26-29H,8H2,1H3. The molecule has 4 rings (SSSR count). The van der Waals surface area contributed by atoms with E-state index >= 15 is 0 Å². The molecular weight excluding hydrogens is 440 g/mol. The van der Waals surface area contributed by atoms with E-state index in [0.717, 1.165) is 0 Å². The Bertz CT molecular complexity index is 1220. The van der Waals surface area contributed by atoms with Gasteiger partial charge in [-0.1, -0.05) is 0 Å². The first kappa shape index (κ1) is 22.8. The van der Waals surface area contributed by atoms with Crippen LogP contribution in [0.3, 0.4) is 0 Å². The summed E-state index contributed by atoms with van der Waals surface area (Å²) in [5, 5.41) is 59.5. The predicted molar refractivity (Wildman–Crippen MR) is 112 cm³/mol. The van der Waals surface area contributed by atoms with E-state index in [2.05, 4.69) is 0 Å². The van der Waals surface area contributed by atoms with Gasteiger partial charge in [0.1, 0.15) is 35.7 Å². The lowest BCUT2D eigenvalue weighted by molar-refractivity contribution is -0.277. The highest BCUT2D eigenvalue weighted by Gasteiger charge is 2.45. The number of hydrogen-bond donors (Lipinski definition) is 6. The first-order valence-electron chi connectivity index (χ1n) is 9.89. The van der Waals surface area contributed by atoms with Gasteiger partial charge in [-0.25, -0.2) is 0 Å². The Hall–Kier alpha value is -3.35. The van der Waals surface area contributed by atoms with Gasteiger partial charge in [0, 0.05) is 11.6 Å². The van der Waals surface area contributed by atoms with Crippen LogP contribution in [0, 0.1) is 0 Å². The molecular formula is C22H22O11. The normalized spacial score (nSPS) is 25.2. The minimum atomic E-state index is -1.62. The molecule has 0 spiro atoms. The van der Waals surface area contributed by atoms with Crippen molar-refractivity contribution in [3.05, 3.63) is 46.6 Å². The van der Waals surface area contributed by atoms with Crippen molar-refractivity contribution in [1.82, 2.24) is 0 Å². The van der Waals surface area contributed by atoms with Crippen molar-refractivity contribution in [2.75, 3.05) is 13.7 Å². The van der Waals surface area contributed by atoms with Crippen LogP contribution < -0.4 is 14.9 Å². The molecule has 1 aliphatic rings. The fraction of sp³-hybridized carbons (Fsp3) is 0.318. The van der Waals surface area contributed by atoms with Gasteiger partial charge in [-0.2, -0.15) is 0 Å². The van der Waals surface area contributed by atoms with E-state index in [1.54, 1.807) is 0 Å². The van der Waals surface area contributed by atoms with Gasteiger partial charge in [-0.05, 0) is 30.3 Å². The Morgan fingerprint density at radius 2 is 1.73 bits per heavy atom. The molecule has 1 aromatic heterocycles. The summed E-state index contributed by atoms with van der Waals surface area (Å²) >= 11 is 0. The van der Waals surface area contributed by atoms with E-state index in [1.165, 1.54) is 43.5 Å². The summed E-state index contributed by atoms with van der Waals surface area (Å²) in [6.07, 6.45) is -7.37. The van der Waals surface area contributed by atoms with E-state index in [9.17, 15) is 35.4 Å². The molecule has 1 aliphatic heterocycles. The largest absolute Gasteiger partial charge is 0.508 e. The SMILES string of the molecule is COc1cc(-c2oc3cc(O)ccc3c(=O)c2O)ccc1OC1OC(CO)C(O)C(O)C1O. The number of rotatable bonds is 5. The maximum atomic E-state index is 12.5. The van der Waals surface area contributed by atoms with Gasteiger partial charge in [0.15, 0.2) is 17.3 Å². The van der Waals surface area contributed by atoms with Crippen molar-refractivity contribution in [1.29, 1.82) is 0 Å². The summed E-state index contributed by atoms with van der Waals surface area (Å²) in [6.45, 7) is -0.614. The van der Waals surface area contributed by atoms with Crippen LogP contribution in [0.1, 0.15) is 0 Å². The second kappa shape index (κ2) is 8.89. The molecule has 0 aliphatic carbocycles. The minimum absolute atomic E-state index is 0.0610. The van der Waals surface area contributed by atoms with Gasteiger partial charge in [0.05, 0.1) is 19.1 Å². The maximum Gasteiger partial charge on any atom is 0.235 e. The molecule has 3 aromatic rings. The van der Waals surface area contributed by atoms with E-state index in [4.69, 9.17) is 18.6 Å². The number of aliphatic hydroxyl groups excluding tert-OH is 4. The molecule has 176 valence electrons. The molecule has 5 unspecified atom stereocenters. The van der Waals surface area contributed by atoms with Gasteiger partial charge >= 0.3 is 0 Å². The van der Waals surface area contributed by atoms with E-state index in [0.29, 0.717) is 0 Å². The highest BCUT2D eigenvalue weighted by molar-refractivity contribution is 5.83. The van der Waals surface area contributed by atoms with Crippen molar-refractivity contribution >= 4 is 11.0 Å². The Labute approximate surface area is 186 Å². The molecule has 2 heterocycles. The van der Waals surface area contributed by atoms with Crippen LogP contribution >= 0.6 is 0 Å². The smallest absolute Gasteiger partial charge is 0.235 e. The minimum Gasteiger partial charge on any atom is -0.508 e. The van der Waals surface area contributed by atoms with Gasteiger partial charge in [-0.15, -0.1) is 0 Å². The lowest BCUT2D eigenvalue weighted by Gasteiger charge is -2.39. The number of fused-ring (bicyclic) bond motifs is 1. The molecule has 1 fully saturated rings. The number of hydrogen-bond acceptors (Lipinski definition) is 11. The number of aromatic hydroxyl groups is 2. The van der Waals surface area contributed by atoms with Crippen molar-refractivity contribution in [3.63, 3.8) is 0 Å². The molecule has 11 heteroatoms. The Morgan fingerprint density at radius 3 is 2.42 bits per heavy atom. The monoisotopic (exact) mass is 462 g/mol. The molecule has 0 saturated carbocycles. The van der Waals surface area contributed by atoms with Crippen molar-refractivity contribution in [2.24, 2.45) is 0 Å². The summed E-state index contributed by atoms with van der Waals surface area (Å²) in [4.78, 5) is 12.5. The molecule has 0 bridgehead atoms. The van der Waals surface area contributed by atoms with E-state index in [1.807, 2.05) is 0 Å². The molecule has 11 nitrogen and oxygen atoms in total. The fourth-order valence-electron chi connectivity index (χ4n) is 3.56. The highest BCUT2D eigenvalue weighted by Crippen LogP contribution is 2.38. The second-order valence-electron chi connectivity index (χ2n) is 7.47. The first-order valence-corrected chi connectivity index (χ1v) is 9.89. The van der Waals surface area contributed by atoms with Gasteiger partial charge in [-0.3, -0.25) is 4.79 Å². The zero-order chi connectivity index (χ0) is 23.9. The third-order valence-corrected chi connectivity index (χ3v) is 5.37. The molecule has 0 radical (unpaired) electrons. The Balaban J connectivity index is 1.69. The third-order valence-electron chi connectivity index (χ3n) is 5.37. The quantitative estimate of drug-likeness (QED) is 0.302. The summed E-state index contributed by atoms with van der Waals surface area (Å²) in [5.41, 5.74) is -0.381. The van der Waals surface area contributed by atoms with Crippen LogP contribution in [0.2, 0.25) is 0 Å². The number of methoxy groups -OCH3 is 1. The first-order chi connectivity index (χ1) is 15.7. The average Bonchev–Trinajstić information content (AvgIpc) is 2.81. The van der Waals surface area contributed by atoms with Crippen molar-refractivity contribution in [2.45, 2.75) is 30.7 Å².